The summed E-state index contributed by atoms with van der Waals surface area (Å²) >= 11 is 0. The number of rotatable bonds is 29. The molecule has 0 aliphatic carbocycles. The van der Waals surface area contributed by atoms with Crippen LogP contribution in [-0.4, -0.2) is 332 Å². The van der Waals surface area contributed by atoms with Crippen LogP contribution >= 0.6 is 0 Å². The van der Waals surface area contributed by atoms with E-state index in [9.17, 15) is 43.2 Å². The van der Waals surface area contributed by atoms with Crippen LogP contribution in [-0.2, 0) is 87.4 Å². The molecule has 0 saturated carbocycles. The third-order valence-corrected chi connectivity index (χ3v) is 13.9. The van der Waals surface area contributed by atoms with Crippen molar-refractivity contribution in [2.75, 3.05) is 239 Å². The average Bonchev–Trinajstić information content (AvgIpc) is 3.68. The summed E-state index contributed by atoms with van der Waals surface area (Å²) in [6.45, 7) is 7.84. The Morgan fingerprint density at radius 3 is 1.14 bits per heavy atom. The largest absolute Gasteiger partial charge is 0.468 e. The molecule has 2 saturated heterocycles. The minimum atomic E-state index is -0.461. The molecule has 1 aromatic carbocycles. The number of esters is 7. The third kappa shape index (κ3) is 32.9. The first-order valence-corrected chi connectivity index (χ1v) is 27.6. The fourth-order valence-electron chi connectivity index (χ4n) is 8.96. The second-order valence-corrected chi connectivity index (χ2v) is 19.7. The van der Waals surface area contributed by atoms with E-state index in [4.69, 9.17) is 42.6 Å². The second-order valence-electron chi connectivity index (χ2n) is 19.7. The number of amides is 2. The Bertz CT molecular complexity index is 2080. The smallest absolute Gasteiger partial charge is 0.319 e. The maximum Gasteiger partial charge on any atom is 0.319 e. The molecule has 28 nitrogen and oxygen atoms in total. The molecule has 1 aromatic rings. The number of methoxy groups -OCH3 is 7. The number of anilines is 1. The van der Waals surface area contributed by atoms with Gasteiger partial charge in [0.05, 0.1) is 122 Å². The van der Waals surface area contributed by atoms with Gasteiger partial charge >= 0.3 is 47.8 Å². The fourth-order valence-corrected chi connectivity index (χ4v) is 8.96. The van der Waals surface area contributed by atoms with Crippen LogP contribution in [0.5, 0.6) is 0 Å². The number of carbonyl (C=O) groups excluding carboxylic acids is 9. The summed E-state index contributed by atoms with van der Waals surface area (Å²) < 4.78 is 46.1. The molecule has 2 fully saturated rings. The van der Waals surface area contributed by atoms with Gasteiger partial charge in [0.25, 0.3) is 0 Å². The van der Waals surface area contributed by atoms with Crippen molar-refractivity contribution in [2.24, 2.45) is 0 Å². The van der Waals surface area contributed by atoms with E-state index in [1.54, 1.807) is 12.1 Å². The number of nitrogens with one attached hydrogen (secondary N) is 2. The van der Waals surface area contributed by atoms with E-state index in [0.717, 1.165) is 5.56 Å². The van der Waals surface area contributed by atoms with Gasteiger partial charge in [-0.05, 0) is 30.5 Å². The number of urea groups is 1. The van der Waals surface area contributed by atoms with Crippen LogP contribution < -0.4 is 10.6 Å². The first-order valence-electron chi connectivity index (χ1n) is 27.6. The number of ether oxygens (including phenoxy) is 9. The lowest BCUT2D eigenvalue weighted by atomic mass is 10.0. The van der Waals surface area contributed by atoms with E-state index in [0.29, 0.717) is 123 Å². The van der Waals surface area contributed by atoms with E-state index in [-0.39, 0.29) is 112 Å². The number of hydrogen-bond donors (Lipinski definition) is 2. The van der Waals surface area contributed by atoms with Crippen molar-refractivity contribution in [2.45, 2.75) is 40.2 Å². The van der Waals surface area contributed by atoms with Gasteiger partial charge in [0, 0.05) is 129 Å². The molecule has 2 aliphatic rings. The molecular formula is C56H98N10O18. The molecule has 3 rings (SSSR count). The fraction of sp³-hybridized carbons (Fsp3) is 0.732. The SMILES string of the molecule is C.C.COC(=O)CN1CCN(CC(=O)CCCOCCOCCNC(=O)Nc2ccc(CC3CN(CC(=O)OC)CCN(CC(=O)OC)CCN(CC(=O)OC)CCN3CC(=O)OC)cc2)CCN(CC(=O)OC)CCN(CC(=O)OC)CC1. The predicted molar refractivity (Wildman–Crippen MR) is 311 cm³/mol. The summed E-state index contributed by atoms with van der Waals surface area (Å²) in [6.07, 6.45) is 1.21. The van der Waals surface area contributed by atoms with Gasteiger partial charge in [0.15, 0.2) is 0 Å². The van der Waals surface area contributed by atoms with Crippen molar-refractivity contribution in [3.05, 3.63) is 29.8 Å². The van der Waals surface area contributed by atoms with Crippen molar-refractivity contribution < 1.29 is 85.8 Å². The average molecular weight is 1200 g/mol. The van der Waals surface area contributed by atoms with E-state index >= 15 is 0 Å². The minimum absolute atomic E-state index is 0. The summed E-state index contributed by atoms with van der Waals surface area (Å²) in [6, 6.07) is 6.47. The molecular weight excluding hydrogens is 1100 g/mol. The highest BCUT2D eigenvalue weighted by molar-refractivity contribution is 5.89. The molecule has 0 spiro atoms. The molecule has 2 amide bonds. The lowest BCUT2D eigenvalue weighted by Crippen LogP contribution is -2.53. The monoisotopic (exact) mass is 1200 g/mol. The highest BCUT2D eigenvalue weighted by Gasteiger charge is 2.29. The van der Waals surface area contributed by atoms with Crippen LogP contribution in [0.15, 0.2) is 24.3 Å². The number of benzene rings is 1. The zero-order valence-corrected chi connectivity index (χ0v) is 49.2. The Balaban J connectivity index is 0.0000176. The topological polar surface area (TPSA) is 287 Å². The van der Waals surface area contributed by atoms with Crippen LogP contribution in [0.3, 0.4) is 0 Å². The quantitative estimate of drug-likeness (QED) is 0.0554. The minimum Gasteiger partial charge on any atom is -0.468 e. The number of carbonyl (C=O) groups is 9. The van der Waals surface area contributed by atoms with Crippen molar-refractivity contribution in [3.63, 3.8) is 0 Å². The predicted octanol–water partition coefficient (Wildman–Crippen LogP) is -0.972. The first kappa shape index (κ1) is 76.1. The summed E-state index contributed by atoms with van der Waals surface area (Å²) in [4.78, 5) is 129. The Labute approximate surface area is 496 Å². The molecule has 28 heteroatoms. The van der Waals surface area contributed by atoms with Gasteiger partial charge in [-0.2, -0.15) is 0 Å². The maximum atomic E-state index is 13.2. The summed E-state index contributed by atoms with van der Waals surface area (Å²) in [5, 5.41) is 5.60. The molecule has 0 radical (unpaired) electrons. The van der Waals surface area contributed by atoms with Crippen LogP contribution in [0.1, 0.15) is 33.3 Å². The standard InChI is InChI=1S/C54H90N10O18.2CH4/c1-74-47(66)36-58-17-15-57(16-18-59(37-48(67)75-2)20-22-60(21-19-58)38-49(68)76-3)35-46(65)9-8-29-81-31-32-82-30-14-55-54(73)56-44-12-10-43(11-13-44)33-45-34-63(41-52(71)79-6)26-25-61(39-50(69)77-4)23-24-62(40-51(70)78-5)27-28-64(45)42-53(72)80-7;;/h10-13,45H,8-9,14-42H2,1-7H3,(H2,55,56,73);2*1H4. The van der Waals surface area contributed by atoms with E-state index < -0.39 is 47.8 Å². The van der Waals surface area contributed by atoms with Crippen molar-refractivity contribution in [1.29, 1.82) is 0 Å². The molecule has 2 aliphatic heterocycles. The number of ketones is 1. The van der Waals surface area contributed by atoms with Gasteiger partial charge in [0.1, 0.15) is 5.78 Å². The molecule has 1 unspecified atom stereocenters. The Morgan fingerprint density at radius 2 is 0.750 bits per heavy atom. The van der Waals surface area contributed by atoms with Gasteiger partial charge in [0.2, 0.25) is 0 Å². The van der Waals surface area contributed by atoms with Crippen LogP contribution in [0, 0.1) is 0 Å². The molecule has 480 valence electrons. The molecule has 1 atom stereocenters. The van der Waals surface area contributed by atoms with Crippen LogP contribution in [0.2, 0.25) is 0 Å². The van der Waals surface area contributed by atoms with E-state index in [1.165, 1.54) is 49.8 Å². The summed E-state index contributed by atoms with van der Waals surface area (Å²) in [5.74, 6) is -2.94. The molecule has 0 bridgehead atoms. The highest BCUT2D eigenvalue weighted by Crippen LogP contribution is 2.17. The molecule has 84 heavy (non-hydrogen) atoms. The van der Waals surface area contributed by atoms with Gasteiger partial charge in [-0.15, -0.1) is 0 Å². The zero-order valence-electron chi connectivity index (χ0n) is 49.2. The van der Waals surface area contributed by atoms with Crippen molar-refractivity contribution in [1.82, 2.24) is 44.5 Å². The summed E-state index contributed by atoms with van der Waals surface area (Å²) in [7, 11) is 9.23. The summed E-state index contributed by atoms with van der Waals surface area (Å²) in [5.41, 5.74) is 1.41. The van der Waals surface area contributed by atoms with Gasteiger partial charge in [-0.3, -0.25) is 77.6 Å². The Hall–Kier alpha value is -5.95. The molecule has 0 aromatic heterocycles. The Kier molecular flexibility index (Phi) is 40.3. The van der Waals surface area contributed by atoms with E-state index in [2.05, 4.69) is 10.6 Å². The van der Waals surface area contributed by atoms with Gasteiger partial charge < -0.3 is 53.3 Å². The van der Waals surface area contributed by atoms with Gasteiger partial charge in [-0.25, -0.2) is 4.79 Å². The van der Waals surface area contributed by atoms with Crippen molar-refractivity contribution in [3.8, 4) is 0 Å². The number of Topliss-reactive ketones (excluding diaryl/α,β-unsaturated/α-hetero) is 1. The van der Waals surface area contributed by atoms with E-state index in [1.807, 2.05) is 51.3 Å². The zero-order chi connectivity index (χ0) is 60.1. The lowest BCUT2D eigenvalue weighted by molar-refractivity contribution is -0.145. The van der Waals surface area contributed by atoms with Crippen LogP contribution in [0.25, 0.3) is 0 Å². The lowest BCUT2D eigenvalue weighted by Gasteiger charge is -2.38. The van der Waals surface area contributed by atoms with Crippen LogP contribution in [0.4, 0.5) is 10.5 Å². The number of nitrogens with zero attached hydrogens (tertiary/aromatic N) is 8. The second kappa shape index (κ2) is 44.5. The normalized spacial score (nSPS) is 17.3. The Morgan fingerprint density at radius 1 is 0.417 bits per heavy atom. The van der Waals surface area contributed by atoms with Crippen molar-refractivity contribution >= 4 is 59.3 Å². The van der Waals surface area contributed by atoms with Gasteiger partial charge in [-0.1, -0.05) is 27.0 Å². The maximum absolute atomic E-state index is 13.2. The number of hydrogen-bond acceptors (Lipinski definition) is 26. The third-order valence-electron chi connectivity index (χ3n) is 13.9. The highest BCUT2D eigenvalue weighted by atomic mass is 16.5. The molecule has 2 heterocycles. The first-order chi connectivity index (χ1) is 39.5. The molecule has 2 N–H and O–H groups in total.